The van der Waals surface area contributed by atoms with Crippen molar-refractivity contribution in [2.75, 3.05) is 5.32 Å². The molecule has 2 aromatic heterocycles. The molecule has 2 N–H and O–H groups in total. The molecule has 7 nitrogen and oxygen atoms in total. The first kappa shape index (κ1) is 20.1. The van der Waals surface area contributed by atoms with Gasteiger partial charge in [0.05, 0.1) is 22.1 Å². The minimum absolute atomic E-state index is 0.318. The molecule has 152 valence electrons. The molecule has 0 spiro atoms. The van der Waals surface area contributed by atoms with Gasteiger partial charge >= 0.3 is 0 Å². The molecule has 0 radical (unpaired) electrons. The minimum atomic E-state index is -0.319. The van der Waals surface area contributed by atoms with Crippen LogP contribution in [0, 0.1) is 6.92 Å². The third-order valence-electron chi connectivity index (χ3n) is 4.50. The normalized spacial score (nSPS) is 11.3. The molecule has 2 aromatic carbocycles. The topological polar surface area (TPSA) is 84.2 Å². The number of hydrogen-bond acceptors (Lipinski definition) is 6. The number of hydrazone groups is 1. The fourth-order valence-corrected chi connectivity index (χ4v) is 4.14. The van der Waals surface area contributed by atoms with Gasteiger partial charge in [-0.3, -0.25) is 4.79 Å². The molecule has 30 heavy (non-hydrogen) atoms. The van der Waals surface area contributed by atoms with E-state index >= 15 is 0 Å². The number of benzene rings is 2. The van der Waals surface area contributed by atoms with Gasteiger partial charge in [0, 0.05) is 17.8 Å². The van der Waals surface area contributed by atoms with Crippen LogP contribution in [0.15, 0.2) is 53.6 Å². The zero-order valence-corrected chi connectivity index (χ0v) is 18.0. The maximum absolute atomic E-state index is 12.5. The molecule has 0 aliphatic rings. The molecule has 2 heterocycles. The zero-order chi connectivity index (χ0) is 21.1. The molecule has 4 aromatic rings. The second kappa shape index (κ2) is 8.64. The van der Waals surface area contributed by atoms with Gasteiger partial charge < -0.3 is 9.88 Å². The molecular formula is C21H19ClN6OS. The largest absolute Gasteiger partial charge is 0.331 e. The molecule has 9 heteroatoms. The van der Waals surface area contributed by atoms with Gasteiger partial charge in [0.25, 0.3) is 5.91 Å². The predicted molar refractivity (Wildman–Crippen MR) is 122 cm³/mol. The maximum atomic E-state index is 12.5. The summed E-state index contributed by atoms with van der Waals surface area (Å²) in [5.41, 5.74) is 5.72. The number of carbonyl (C=O) groups excluding carboxylic acids is 1. The standard InChI is InChI=1S/C21H19ClN6OS/c1-3-28-13(2)24-16-11-14(9-10-17(16)28)20(29)27-23-12-18-19(22)26-21(30-18)25-15-7-5-4-6-8-15/h4-12H,3H2,1-2H3,(H,25,26)(H,27,29). The van der Waals surface area contributed by atoms with E-state index < -0.39 is 0 Å². The van der Waals surface area contributed by atoms with Gasteiger partial charge in [-0.25, -0.2) is 15.4 Å². The van der Waals surface area contributed by atoms with E-state index in [0.29, 0.717) is 20.7 Å². The Labute approximate surface area is 182 Å². The number of rotatable bonds is 6. The van der Waals surface area contributed by atoms with Crippen molar-refractivity contribution in [3.63, 3.8) is 0 Å². The number of halogens is 1. The number of fused-ring (bicyclic) bond motifs is 1. The first-order valence-corrected chi connectivity index (χ1v) is 10.5. The summed E-state index contributed by atoms with van der Waals surface area (Å²) < 4.78 is 2.10. The highest BCUT2D eigenvalue weighted by Gasteiger charge is 2.11. The summed E-state index contributed by atoms with van der Waals surface area (Å²) >= 11 is 7.53. The van der Waals surface area contributed by atoms with Crippen LogP contribution in [0.4, 0.5) is 10.8 Å². The van der Waals surface area contributed by atoms with Crippen LogP contribution in [-0.2, 0) is 6.54 Å². The highest BCUT2D eigenvalue weighted by atomic mass is 35.5. The number of para-hydroxylation sites is 1. The highest BCUT2D eigenvalue weighted by molar-refractivity contribution is 7.17. The van der Waals surface area contributed by atoms with E-state index in [1.807, 2.05) is 43.3 Å². The summed E-state index contributed by atoms with van der Waals surface area (Å²) in [6.07, 6.45) is 1.49. The van der Waals surface area contributed by atoms with Crippen molar-refractivity contribution < 1.29 is 4.79 Å². The number of anilines is 2. The Kier molecular flexibility index (Phi) is 5.78. The van der Waals surface area contributed by atoms with Crippen molar-refractivity contribution in [3.05, 3.63) is 69.9 Å². The Balaban J connectivity index is 1.44. The fraction of sp³-hybridized carbons (Fsp3) is 0.143. The lowest BCUT2D eigenvalue weighted by molar-refractivity contribution is 0.0955. The number of aryl methyl sites for hydroxylation is 2. The summed E-state index contributed by atoms with van der Waals surface area (Å²) in [6.45, 7) is 4.84. The van der Waals surface area contributed by atoms with Crippen LogP contribution in [0.25, 0.3) is 11.0 Å². The molecule has 4 rings (SSSR count). The van der Waals surface area contributed by atoms with E-state index in [-0.39, 0.29) is 5.91 Å². The van der Waals surface area contributed by atoms with Crippen LogP contribution < -0.4 is 10.7 Å². The average molecular weight is 439 g/mol. The van der Waals surface area contributed by atoms with Crippen LogP contribution in [0.3, 0.4) is 0 Å². The Morgan fingerprint density at radius 2 is 2.03 bits per heavy atom. The number of thiazole rings is 1. The quantitative estimate of drug-likeness (QED) is 0.328. The average Bonchev–Trinajstić information content (AvgIpc) is 3.25. The van der Waals surface area contributed by atoms with Crippen LogP contribution in [-0.4, -0.2) is 26.7 Å². The SMILES string of the molecule is CCn1c(C)nc2cc(C(=O)NN=Cc3sc(Nc4ccccc4)nc3Cl)ccc21. The van der Waals surface area contributed by atoms with Gasteiger partial charge in [-0.1, -0.05) is 41.1 Å². The Bertz CT molecular complexity index is 1230. The Morgan fingerprint density at radius 1 is 1.23 bits per heavy atom. The lowest BCUT2D eigenvalue weighted by atomic mass is 10.2. The number of amides is 1. The number of aromatic nitrogens is 3. The third-order valence-corrected chi connectivity index (χ3v) is 5.81. The number of nitrogens with one attached hydrogen (secondary N) is 2. The van der Waals surface area contributed by atoms with Crippen molar-refractivity contribution in [3.8, 4) is 0 Å². The van der Waals surface area contributed by atoms with Gasteiger partial charge in [-0.2, -0.15) is 5.10 Å². The van der Waals surface area contributed by atoms with E-state index in [2.05, 4.69) is 37.3 Å². The van der Waals surface area contributed by atoms with Gasteiger partial charge in [-0.15, -0.1) is 0 Å². The third kappa shape index (κ3) is 4.19. The molecule has 0 fully saturated rings. The molecule has 0 bridgehead atoms. The van der Waals surface area contributed by atoms with Crippen LogP contribution in [0.1, 0.15) is 28.0 Å². The van der Waals surface area contributed by atoms with Crippen molar-refractivity contribution in [2.24, 2.45) is 5.10 Å². The number of carbonyl (C=O) groups is 1. The van der Waals surface area contributed by atoms with Crippen LogP contribution in [0.2, 0.25) is 5.15 Å². The summed E-state index contributed by atoms with van der Waals surface area (Å²) in [6, 6.07) is 15.1. The molecular weight excluding hydrogens is 420 g/mol. The predicted octanol–water partition coefficient (Wildman–Crippen LogP) is 4.98. The van der Waals surface area contributed by atoms with E-state index in [1.165, 1.54) is 17.6 Å². The highest BCUT2D eigenvalue weighted by Crippen LogP contribution is 2.27. The molecule has 0 aliphatic carbocycles. The molecule has 1 amide bonds. The maximum Gasteiger partial charge on any atom is 0.271 e. The summed E-state index contributed by atoms with van der Waals surface area (Å²) in [5, 5.41) is 8.17. The number of nitrogens with zero attached hydrogens (tertiary/aromatic N) is 4. The van der Waals surface area contributed by atoms with Gasteiger partial charge in [-0.05, 0) is 44.2 Å². The van der Waals surface area contributed by atoms with E-state index in [9.17, 15) is 4.79 Å². The first-order chi connectivity index (χ1) is 14.5. The van der Waals surface area contributed by atoms with Gasteiger partial charge in [0.15, 0.2) is 10.3 Å². The minimum Gasteiger partial charge on any atom is -0.331 e. The van der Waals surface area contributed by atoms with Gasteiger partial charge in [0.2, 0.25) is 0 Å². The Hall–Kier alpha value is -3.23. The molecule has 0 unspecified atom stereocenters. The molecule has 0 saturated carbocycles. The van der Waals surface area contributed by atoms with Crippen molar-refractivity contribution in [1.29, 1.82) is 0 Å². The van der Waals surface area contributed by atoms with Crippen molar-refractivity contribution >= 4 is 56.9 Å². The van der Waals surface area contributed by atoms with Crippen molar-refractivity contribution in [2.45, 2.75) is 20.4 Å². The molecule has 0 aliphatic heterocycles. The lowest BCUT2D eigenvalue weighted by Crippen LogP contribution is -2.17. The number of imidazole rings is 1. The molecule has 0 atom stereocenters. The second-order valence-electron chi connectivity index (χ2n) is 6.47. The Morgan fingerprint density at radius 3 is 2.80 bits per heavy atom. The van der Waals surface area contributed by atoms with Crippen molar-refractivity contribution in [1.82, 2.24) is 20.0 Å². The second-order valence-corrected chi connectivity index (χ2v) is 7.86. The number of hydrogen-bond donors (Lipinski definition) is 2. The van der Waals surface area contributed by atoms with E-state index in [1.54, 1.807) is 12.1 Å². The fourth-order valence-electron chi connectivity index (χ4n) is 3.10. The smallest absolute Gasteiger partial charge is 0.271 e. The lowest BCUT2D eigenvalue weighted by Gasteiger charge is -2.03. The van der Waals surface area contributed by atoms with E-state index in [4.69, 9.17) is 11.6 Å². The summed E-state index contributed by atoms with van der Waals surface area (Å²) in [7, 11) is 0. The first-order valence-electron chi connectivity index (χ1n) is 9.34. The van der Waals surface area contributed by atoms with Gasteiger partial charge in [0.1, 0.15) is 5.82 Å². The summed E-state index contributed by atoms with van der Waals surface area (Å²) in [4.78, 5) is 21.9. The zero-order valence-electron chi connectivity index (χ0n) is 16.4. The van der Waals surface area contributed by atoms with Crippen LogP contribution in [0.5, 0.6) is 0 Å². The monoisotopic (exact) mass is 438 g/mol. The summed E-state index contributed by atoms with van der Waals surface area (Å²) in [5.74, 6) is 0.600. The van der Waals surface area contributed by atoms with Crippen LogP contribution >= 0.6 is 22.9 Å². The molecule has 0 saturated heterocycles. The van der Waals surface area contributed by atoms with E-state index in [0.717, 1.165) is 29.1 Å².